The molecule has 142 valence electrons. The van der Waals surface area contributed by atoms with Gasteiger partial charge in [-0.05, 0) is 24.6 Å². The Morgan fingerprint density at radius 1 is 1.27 bits per heavy atom. The topological polar surface area (TPSA) is 86.0 Å². The fourth-order valence-electron chi connectivity index (χ4n) is 3.45. The van der Waals surface area contributed by atoms with Gasteiger partial charge in [0.15, 0.2) is 5.78 Å². The molecule has 1 unspecified atom stereocenters. The number of fused-ring (bicyclic) bond motifs is 3. The molecule has 1 aromatic heterocycles. The van der Waals surface area contributed by atoms with Crippen LogP contribution in [0.5, 0.6) is 0 Å². The average Bonchev–Trinajstić information content (AvgIpc) is 3.02. The largest absolute Gasteiger partial charge is 0.357 e. The maximum absolute atomic E-state index is 12.6. The third kappa shape index (κ3) is 4.44. The molecule has 2 heterocycles. The van der Waals surface area contributed by atoms with Gasteiger partial charge in [0.2, 0.25) is 5.91 Å². The standard InChI is InChI=1S/C19H26N4O2.HI/c1-3-18(24)17(20-4-2)11-22-19(25)15-9-13-12-7-5-6-8-14(12)23-16(13)10-21-15;/h5-8,15,17,20-21,23H,3-4,9-11H2,1-2H3,(H,22,25);1H/t15?,17-;/m0./s1. The Labute approximate surface area is 170 Å². The summed E-state index contributed by atoms with van der Waals surface area (Å²) in [6, 6.07) is 7.59. The summed E-state index contributed by atoms with van der Waals surface area (Å²) in [4.78, 5) is 27.9. The van der Waals surface area contributed by atoms with Gasteiger partial charge in [-0.1, -0.05) is 32.0 Å². The van der Waals surface area contributed by atoms with Gasteiger partial charge in [0.1, 0.15) is 0 Å². The molecule has 1 aliphatic heterocycles. The average molecular weight is 470 g/mol. The highest BCUT2D eigenvalue weighted by Gasteiger charge is 2.27. The molecule has 4 N–H and O–H groups in total. The first-order chi connectivity index (χ1) is 12.1. The number of halogens is 1. The number of carbonyl (C=O) groups is 2. The van der Waals surface area contributed by atoms with Gasteiger partial charge < -0.3 is 15.6 Å². The van der Waals surface area contributed by atoms with Crippen LogP contribution in [0.2, 0.25) is 0 Å². The summed E-state index contributed by atoms with van der Waals surface area (Å²) in [7, 11) is 0. The van der Waals surface area contributed by atoms with Crippen molar-refractivity contribution in [2.45, 2.75) is 45.3 Å². The zero-order valence-electron chi connectivity index (χ0n) is 15.2. The molecule has 0 saturated carbocycles. The second-order valence-corrected chi connectivity index (χ2v) is 6.44. The molecule has 1 aromatic carbocycles. The second kappa shape index (κ2) is 9.48. The predicted octanol–water partition coefficient (Wildman–Crippen LogP) is 1.87. The maximum atomic E-state index is 12.6. The lowest BCUT2D eigenvalue weighted by Gasteiger charge is -2.24. The van der Waals surface area contributed by atoms with E-state index in [2.05, 4.69) is 33.1 Å². The van der Waals surface area contributed by atoms with Crippen molar-refractivity contribution < 1.29 is 9.59 Å². The number of ketones is 1. The number of rotatable bonds is 7. The van der Waals surface area contributed by atoms with Crippen molar-refractivity contribution in [1.29, 1.82) is 0 Å². The number of para-hydroxylation sites is 1. The SMILES string of the molecule is CCN[C@@H](CNC(=O)C1Cc2c([nH]c3ccccc23)CN1)C(=O)CC.I. The third-order valence-electron chi connectivity index (χ3n) is 4.82. The monoisotopic (exact) mass is 470 g/mol. The summed E-state index contributed by atoms with van der Waals surface area (Å²) in [5.74, 6) is 0.0698. The van der Waals surface area contributed by atoms with Gasteiger partial charge >= 0.3 is 0 Å². The Bertz CT molecular complexity index is 774. The van der Waals surface area contributed by atoms with Crippen LogP contribution in [0.1, 0.15) is 31.5 Å². The Morgan fingerprint density at radius 3 is 2.77 bits per heavy atom. The number of likely N-dealkylation sites (N-methyl/N-ethyl adjacent to an activating group) is 1. The van der Waals surface area contributed by atoms with Gasteiger partial charge in [0.25, 0.3) is 0 Å². The fraction of sp³-hybridized carbons (Fsp3) is 0.474. The van der Waals surface area contributed by atoms with Gasteiger partial charge in [-0.15, -0.1) is 24.0 Å². The number of benzene rings is 1. The smallest absolute Gasteiger partial charge is 0.237 e. The minimum atomic E-state index is -0.314. The summed E-state index contributed by atoms with van der Waals surface area (Å²) in [5, 5.41) is 10.5. The number of hydrogen-bond donors (Lipinski definition) is 4. The first-order valence-electron chi connectivity index (χ1n) is 8.99. The highest BCUT2D eigenvalue weighted by atomic mass is 127. The van der Waals surface area contributed by atoms with E-state index in [9.17, 15) is 9.59 Å². The summed E-state index contributed by atoms with van der Waals surface area (Å²) in [6.07, 6.45) is 1.12. The minimum Gasteiger partial charge on any atom is -0.357 e. The Morgan fingerprint density at radius 2 is 2.04 bits per heavy atom. The Kier molecular flexibility index (Phi) is 7.60. The van der Waals surface area contributed by atoms with E-state index in [4.69, 9.17) is 0 Å². The number of aromatic amines is 1. The zero-order valence-corrected chi connectivity index (χ0v) is 17.6. The molecule has 1 aliphatic rings. The molecule has 0 radical (unpaired) electrons. The molecule has 1 amide bonds. The lowest BCUT2D eigenvalue weighted by atomic mass is 9.98. The van der Waals surface area contributed by atoms with Crippen LogP contribution in [0.4, 0.5) is 0 Å². The zero-order chi connectivity index (χ0) is 17.8. The predicted molar refractivity (Wildman–Crippen MR) is 114 cm³/mol. The van der Waals surface area contributed by atoms with Crippen LogP contribution in [-0.4, -0.2) is 41.8 Å². The molecular formula is C19H27IN4O2. The van der Waals surface area contributed by atoms with Crippen molar-refractivity contribution in [2.24, 2.45) is 0 Å². The van der Waals surface area contributed by atoms with Gasteiger partial charge in [-0.25, -0.2) is 0 Å². The minimum absolute atomic E-state index is 0. The molecule has 0 saturated heterocycles. The molecule has 7 heteroatoms. The lowest BCUT2D eigenvalue weighted by molar-refractivity contribution is -0.124. The highest BCUT2D eigenvalue weighted by Crippen LogP contribution is 2.26. The quantitative estimate of drug-likeness (QED) is 0.466. The van der Waals surface area contributed by atoms with Crippen molar-refractivity contribution >= 4 is 46.6 Å². The van der Waals surface area contributed by atoms with Crippen LogP contribution in [0, 0.1) is 0 Å². The molecule has 26 heavy (non-hydrogen) atoms. The molecule has 0 fully saturated rings. The van der Waals surface area contributed by atoms with E-state index in [0.717, 1.165) is 11.2 Å². The number of amides is 1. The van der Waals surface area contributed by atoms with Crippen LogP contribution in [0.15, 0.2) is 24.3 Å². The number of carbonyl (C=O) groups excluding carboxylic acids is 2. The van der Waals surface area contributed by atoms with E-state index in [1.54, 1.807) is 0 Å². The van der Waals surface area contributed by atoms with E-state index in [-0.39, 0.29) is 47.8 Å². The summed E-state index contributed by atoms with van der Waals surface area (Å²) in [6.45, 7) is 5.48. The Hall–Kier alpha value is -1.45. The van der Waals surface area contributed by atoms with E-state index in [1.165, 1.54) is 10.9 Å². The number of Topliss-reactive ketones (excluding diaryl/α,β-unsaturated/α-hetero) is 1. The number of hydrogen-bond acceptors (Lipinski definition) is 4. The van der Waals surface area contributed by atoms with Crippen molar-refractivity contribution in [2.75, 3.05) is 13.1 Å². The van der Waals surface area contributed by atoms with Gasteiger partial charge in [-0.3, -0.25) is 14.9 Å². The highest BCUT2D eigenvalue weighted by molar-refractivity contribution is 14.0. The molecule has 3 rings (SSSR count). The van der Waals surface area contributed by atoms with E-state index in [0.29, 0.717) is 32.5 Å². The van der Waals surface area contributed by atoms with Crippen LogP contribution in [-0.2, 0) is 22.6 Å². The third-order valence-corrected chi connectivity index (χ3v) is 4.82. The van der Waals surface area contributed by atoms with Gasteiger partial charge in [-0.2, -0.15) is 0 Å². The molecular weight excluding hydrogens is 443 g/mol. The number of H-pyrrole nitrogens is 1. The summed E-state index contributed by atoms with van der Waals surface area (Å²) in [5.41, 5.74) is 3.47. The van der Waals surface area contributed by atoms with Gasteiger partial charge in [0.05, 0.1) is 12.1 Å². The van der Waals surface area contributed by atoms with Crippen molar-refractivity contribution in [3.63, 3.8) is 0 Å². The molecule has 2 atom stereocenters. The maximum Gasteiger partial charge on any atom is 0.237 e. The van der Waals surface area contributed by atoms with Crippen molar-refractivity contribution in [3.8, 4) is 0 Å². The number of aromatic nitrogens is 1. The van der Waals surface area contributed by atoms with E-state index in [1.807, 2.05) is 26.0 Å². The normalized spacial score (nSPS) is 17.2. The summed E-state index contributed by atoms with van der Waals surface area (Å²) >= 11 is 0. The van der Waals surface area contributed by atoms with E-state index < -0.39 is 0 Å². The molecule has 0 bridgehead atoms. The van der Waals surface area contributed by atoms with Crippen molar-refractivity contribution in [3.05, 3.63) is 35.5 Å². The van der Waals surface area contributed by atoms with Crippen LogP contribution in [0.25, 0.3) is 10.9 Å². The van der Waals surface area contributed by atoms with Gasteiger partial charge in [0, 0.05) is 36.1 Å². The number of nitrogens with one attached hydrogen (secondary N) is 4. The van der Waals surface area contributed by atoms with Crippen LogP contribution >= 0.6 is 24.0 Å². The summed E-state index contributed by atoms with van der Waals surface area (Å²) < 4.78 is 0. The molecule has 6 nitrogen and oxygen atoms in total. The van der Waals surface area contributed by atoms with E-state index >= 15 is 0 Å². The van der Waals surface area contributed by atoms with Crippen molar-refractivity contribution in [1.82, 2.24) is 20.9 Å². The second-order valence-electron chi connectivity index (χ2n) is 6.44. The first kappa shape index (κ1) is 20.9. The molecule has 0 spiro atoms. The molecule has 0 aliphatic carbocycles. The molecule has 2 aromatic rings. The Balaban J connectivity index is 0.00000243. The lowest BCUT2D eigenvalue weighted by Crippen LogP contribution is -2.52. The first-order valence-corrected chi connectivity index (χ1v) is 8.99. The van der Waals surface area contributed by atoms with Crippen LogP contribution < -0.4 is 16.0 Å². The fourth-order valence-corrected chi connectivity index (χ4v) is 3.45. The van der Waals surface area contributed by atoms with Crippen LogP contribution in [0.3, 0.4) is 0 Å².